The van der Waals surface area contributed by atoms with E-state index in [-0.39, 0.29) is 0 Å². The van der Waals surface area contributed by atoms with Crippen molar-refractivity contribution in [2.24, 2.45) is 0 Å². The molecule has 1 aliphatic rings. The van der Waals surface area contributed by atoms with Gasteiger partial charge in [0.1, 0.15) is 5.82 Å². The van der Waals surface area contributed by atoms with Crippen LogP contribution in [0.4, 0.5) is 17.5 Å². The molecule has 1 aliphatic carbocycles. The number of para-hydroxylation sites is 1. The van der Waals surface area contributed by atoms with Gasteiger partial charge < -0.3 is 10.6 Å². The highest BCUT2D eigenvalue weighted by Gasteiger charge is 2.16. The fraction of sp³-hybridized carbons (Fsp3) is 0.300. The summed E-state index contributed by atoms with van der Waals surface area (Å²) in [6.07, 6.45) is 6.32. The van der Waals surface area contributed by atoms with E-state index < -0.39 is 0 Å². The van der Waals surface area contributed by atoms with Crippen LogP contribution in [-0.4, -0.2) is 16.0 Å². The molecule has 3 aromatic rings. The topological polar surface area (TPSA) is 49.8 Å². The predicted octanol–water partition coefficient (Wildman–Crippen LogP) is 5.77. The minimum Gasteiger partial charge on any atom is -0.367 e. The van der Waals surface area contributed by atoms with Gasteiger partial charge in [-0.25, -0.2) is 4.98 Å². The summed E-state index contributed by atoms with van der Waals surface area (Å²) >= 11 is 6.07. The Bertz CT molecular complexity index is 874. The number of rotatable bonds is 4. The van der Waals surface area contributed by atoms with E-state index in [1.54, 1.807) is 0 Å². The van der Waals surface area contributed by atoms with Crippen molar-refractivity contribution < 1.29 is 0 Å². The summed E-state index contributed by atoms with van der Waals surface area (Å²) in [5.41, 5.74) is 1.81. The molecule has 0 saturated heterocycles. The number of benzene rings is 2. The van der Waals surface area contributed by atoms with Gasteiger partial charge in [-0.2, -0.15) is 4.98 Å². The molecule has 0 atom stereocenters. The van der Waals surface area contributed by atoms with Crippen LogP contribution in [-0.2, 0) is 0 Å². The standard InChI is InChI=1S/C20H21ClN4/c21-14-7-6-10-16(13-14)23-20-24-18-12-5-4-11-17(18)19(25-20)22-15-8-2-1-3-9-15/h4-7,10-13,15H,1-3,8-9H2,(H2,22,23,24,25). The van der Waals surface area contributed by atoms with Crippen molar-refractivity contribution in [3.63, 3.8) is 0 Å². The number of fused-ring (bicyclic) bond motifs is 1. The van der Waals surface area contributed by atoms with E-state index in [9.17, 15) is 0 Å². The number of anilines is 3. The number of hydrogen-bond acceptors (Lipinski definition) is 4. The lowest BCUT2D eigenvalue weighted by molar-refractivity contribution is 0.462. The van der Waals surface area contributed by atoms with Crippen LogP contribution in [0, 0.1) is 0 Å². The highest BCUT2D eigenvalue weighted by molar-refractivity contribution is 6.30. The SMILES string of the molecule is Clc1cccc(Nc2nc(NC3CCCCC3)c3ccccc3n2)c1. The van der Waals surface area contributed by atoms with Gasteiger partial charge >= 0.3 is 0 Å². The predicted molar refractivity (Wildman–Crippen MR) is 105 cm³/mol. The van der Waals surface area contributed by atoms with E-state index in [1.807, 2.05) is 42.5 Å². The average Bonchev–Trinajstić information content (AvgIpc) is 2.63. The van der Waals surface area contributed by atoms with Gasteiger partial charge in [-0.1, -0.05) is 49.1 Å². The molecule has 0 spiro atoms. The van der Waals surface area contributed by atoms with Crippen molar-refractivity contribution in [3.05, 3.63) is 53.6 Å². The first-order chi connectivity index (χ1) is 12.3. The van der Waals surface area contributed by atoms with Crippen LogP contribution < -0.4 is 10.6 Å². The molecular formula is C20H21ClN4. The number of nitrogens with zero attached hydrogens (tertiary/aromatic N) is 2. The molecule has 4 nitrogen and oxygen atoms in total. The molecule has 128 valence electrons. The first kappa shape index (κ1) is 16.2. The lowest BCUT2D eigenvalue weighted by atomic mass is 9.95. The number of nitrogens with one attached hydrogen (secondary N) is 2. The molecule has 0 bridgehead atoms. The zero-order chi connectivity index (χ0) is 17.1. The summed E-state index contributed by atoms with van der Waals surface area (Å²) < 4.78 is 0. The minimum absolute atomic E-state index is 0.492. The van der Waals surface area contributed by atoms with Gasteiger partial charge in [0, 0.05) is 22.1 Å². The van der Waals surface area contributed by atoms with E-state index in [4.69, 9.17) is 16.6 Å². The Morgan fingerprint density at radius 2 is 1.76 bits per heavy atom. The molecule has 2 aromatic carbocycles. The second kappa shape index (κ2) is 7.28. The summed E-state index contributed by atoms with van der Waals surface area (Å²) in [6.45, 7) is 0. The first-order valence-electron chi connectivity index (χ1n) is 8.84. The highest BCUT2D eigenvalue weighted by Crippen LogP contribution is 2.27. The molecule has 1 aromatic heterocycles. The molecule has 1 saturated carbocycles. The Hall–Kier alpha value is -2.33. The molecule has 0 radical (unpaired) electrons. The molecule has 1 heterocycles. The van der Waals surface area contributed by atoms with E-state index in [2.05, 4.69) is 21.7 Å². The van der Waals surface area contributed by atoms with Gasteiger partial charge in [-0.15, -0.1) is 0 Å². The van der Waals surface area contributed by atoms with Crippen molar-refractivity contribution in [2.45, 2.75) is 38.1 Å². The van der Waals surface area contributed by atoms with Crippen molar-refractivity contribution in [2.75, 3.05) is 10.6 Å². The Morgan fingerprint density at radius 1 is 0.920 bits per heavy atom. The summed E-state index contributed by atoms with van der Waals surface area (Å²) in [5.74, 6) is 1.49. The third-order valence-corrected chi connectivity index (χ3v) is 4.87. The second-order valence-electron chi connectivity index (χ2n) is 6.53. The van der Waals surface area contributed by atoms with Gasteiger partial charge in [-0.05, 0) is 43.2 Å². The van der Waals surface area contributed by atoms with Gasteiger partial charge in [0.05, 0.1) is 5.52 Å². The van der Waals surface area contributed by atoms with E-state index in [1.165, 1.54) is 32.1 Å². The van der Waals surface area contributed by atoms with Gasteiger partial charge in [0.15, 0.2) is 0 Å². The maximum Gasteiger partial charge on any atom is 0.229 e. The fourth-order valence-corrected chi connectivity index (χ4v) is 3.57. The van der Waals surface area contributed by atoms with Gasteiger partial charge in [-0.3, -0.25) is 0 Å². The summed E-state index contributed by atoms with van der Waals surface area (Å²) in [6, 6.07) is 16.2. The minimum atomic E-state index is 0.492. The summed E-state index contributed by atoms with van der Waals surface area (Å²) in [7, 11) is 0. The third kappa shape index (κ3) is 3.85. The highest BCUT2D eigenvalue weighted by atomic mass is 35.5. The molecule has 0 amide bonds. The molecule has 0 unspecified atom stereocenters. The monoisotopic (exact) mass is 352 g/mol. The third-order valence-electron chi connectivity index (χ3n) is 4.63. The lowest BCUT2D eigenvalue weighted by Gasteiger charge is -2.24. The van der Waals surface area contributed by atoms with Crippen LogP contribution in [0.3, 0.4) is 0 Å². The zero-order valence-electron chi connectivity index (χ0n) is 14.0. The van der Waals surface area contributed by atoms with Gasteiger partial charge in [0.25, 0.3) is 0 Å². The van der Waals surface area contributed by atoms with Crippen molar-refractivity contribution in [1.29, 1.82) is 0 Å². The van der Waals surface area contributed by atoms with E-state index in [0.29, 0.717) is 17.0 Å². The van der Waals surface area contributed by atoms with E-state index in [0.717, 1.165) is 22.4 Å². The second-order valence-corrected chi connectivity index (χ2v) is 6.96. The summed E-state index contributed by atoms with van der Waals surface area (Å²) in [5, 5.41) is 8.66. The van der Waals surface area contributed by atoms with Crippen LogP contribution >= 0.6 is 11.6 Å². The average molecular weight is 353 g/mol. The lowest BCUT2D eigenvalue weighted by Crippen LogP contribution is -2.23. The van der Waals surface area contributed by atoms with Crippen molar-refractivity contribution in [1.82, 2.24) is 9.97 Å². The normalized spacial score (nSPS) is 15.2. The first-order valence-corrected chi connectivity index (χ1v) is 9.22. The zero-order valence-corrected chi connectivity index (χ0v) is 14.8. The molecule has 5 heteroatoms. The van der Waals surface area contributed by atoms with Crippen LogP contribution in [0.5, 0.6) is 0 Å². The maximum absolute atomic E-state index is 6.07. The quantitative estimate of drug-likeness (QED) is 0.625. The molecule has 1 fully saturated rings. The Morgan fingerprint density at radius 3 is 2.60 bits per heavy atom. The summed E-state index contributed by atoms with van der Waals surface area (Å²) in [4.78, 5) is 9.39. The molecule has 25 heavy (non-hydrogen) atoms. The Labute approximate surface area is 152 Å². The van der Waals surface area contributed by atoms with Crippen LogP contribution in [0.25, 0.3) is 10.9 Å². The van der Waals surface area contributed by atoms with Crippen molar-refractivity contribution >= 4 is 40.0 Å². The fourth-order valence-electron chi connectivity index (χ4n) is 3.38. The van der Waals surface area contributed by atoms with E-state index >= 15 is 0 Å². The molecule has 0 aliphatic heterocycles. The van der Waals surface area contributed by atoms with Gasteiger partial charge in [0.2, 0.25) is 5.95 Å². The van der Waals surface area contributed by atoms with Crippen LogP contribution in [0.15, 0.2) is 48.5 Å². The van der Waals surface area contributed by atoms with Crippen molar-refractivity contribution in [3.8, 4) is 0 Å². The number of hydrogen-bond donors (Lipinski definition) is 2. The van der Waals surface area contributed by atoms with Crippen LogP contribution in [0.1, 0.15) is 32.1 Å². The molecule has 2 N–H and O–H groups in total. The molecular weight excluding hydrogens is 332 g/mol. The smallest absolute Gasteiger partial charge is 0.229 e. The Balaban J connectivity index is 1.67. The Kier molecular flexibility index (Phi) is 4.70. The maximum atomic E-state index is 6.07. The van der Waals surface area contributed by atoms with Crippen LogP contribution in [0.2, 0.25) is 5.02 Å². The number of aromatic nitrogens is 2. The number of halogens is 1. The molecule has 4 rings (SSSR count). The largest absolute Gasteiger partial charge is 0.367 e.